The summed E-state index contributed by atoms with van der Waals surface area (Å²) in [5, 5.41) is 0.555. The molecular formula is C14H13FO3. The minimum absolute atomic E-state index is 0.0228. The van der Waals surface area contributed by atoms with Gasteiger partial charge in [0.05, 0.1) is 6.61 Å². The first-order valence-corrected chi connectivity index (χ1v) is 6.09. The molecule has 0 aliphatic heterocycles. The molecule has 18 heavy (non-hydrogen) atoms. The highest BCUT2D eigenvalue weighted by molar-refractivity contribution is 5.83. The molecule has 0 radical (unpaired) electrons. The van der Waals surface area contributed by atoms with Crippen molar-refractivity contribution in [2.24, 2.45) is 0 Å². The van der Waals surface area contributed by atoms with E-state index in [0.717, 1.165) is 12.8 Å². The third kappa shape index (κ3) is 1.78. The highest BCUT2D eigenvalue weighted by Gasteiger charge is 2.27. The van der Waals surface area contributed by atoms with Crippen LogP contribution in [0.15, 0.2) is 27.4 Å². The Morgan fingerprint density at radius 2 is 2.22 bits per heavy atom. The van der Waals surface area contributed by atoms with Crippen LogP contribution in [0, 0.1) is 5.82 Å². The van der Waals surface area contributed by atoms with Crippen LogP contribution in [-0.2, 0) is 0 Å². The third-order valence-corrected chi connectivity index (χ3v) is 3.13. The van der Waals surface area contributed by atoms with Crippen molar-refractivity contribution in [1.29, 1.82) is 0 Å². The molecule has 0 amide bonds. The molecule has 1 aromatic heterocycles. The molecule has 1 aliphatic carbocycles. The van der Waals surface area contributed by atoms with Gasteiger partial charge in [-0.15, -0.1) is 0 Å². The second kappa shape index (κ2) is 4.12. The van der Waals surface area contributed by atoms with Crippen LogP contribution < -0.4 is 10.4 Å². The van der Waals surface area contributed by atoms with Gasteiger partial charge in [-0.1, -0.05) is 6.07 Å². The van der Waals surface area contributed by atoms with Crippen LogP contribution in [0.25, 0.3) is 10.8 Å². The minimum Gasteiger partial charge on any atom is -0.491 e. The van der Waals surface area contributed by atoms with E-state index in [1.165, 1.54) is 0 Å². The lowest BCUT2D eigenvalue weighted by Crippen LogP contribution is -2.05. The van der Waals surface area contributed by atoms with Gasteiger partial charge in [-0.05, 0) is 37.3 Å². The lowest BCUT2D eigenvalue weighted by Gasteiger charge is -2.07. The molecule has 0 saturated heterocycles. The van der Waals surface area contributed by atoms with Crippen molar-refractivity contribution in [3.63, 3.8) is 0 Å². The lowest BCUT2D eigenvalue weighted by molar-refractivity contribution is 0.322. The first kappa shape index (κ1) is 11.3. The Bertz CT molecular complexity index is 656. The van der Waals surface area contributed by atoms with Gasteiger partial charge in [-0.25, -0.2) is 9.18 Å². The Morgan fingerprint density at radius 3 is 2.89 bits per heavy atom. The summed E-state index contributed by atoms with van der Waals surface area (Å²) in [5.41, 5.74) is -0.617. The summed E-state index contributed by atoms with van der Waals surface area (Å²) in [6, 6.07) is 5.01. The van der Waals surface area contributed by atoms with Crippen molar-refractivity contribution in [2.45, 2.75) is 25.7 Å². The molecule has 1 aliphatic rings. The predicted molar refractivity (Wildman–Crippen MR) is 65.6 cm³/mol. The average molecular weight is 248 g/mol. The first-order valence-electron chi connectivity index (χ1n) is 6.09. The van der Waals surface area contributed by atoms with E-state index in [4.69, 9.17) is 9.15 Å². The number of hydrogen-bond donors (Lipinski definition) is 0. The van der Waals surface area contributed by atoms with E-state index in [1.54, 1.807) is 25.1 Å². The highest BCUT2D eigenvalue weighted by atomic mass is 19.1. The molecule has 0 bridgehead atoms. The number of fused-ring (bicyclic) bond motifs is 1. The average Bonchev–Trinajstić information content (AvgIpc) is 3.16. The predicted octanol–water partition coefficient (Wildman–Crippen LogP) is 3.21. The third-order valence-electron chi connectivity index (χ3n) is 3.13. The molecule has 3 rings (SSSR count). The van der Waals surface area contributed by atoms with Gasteiger partial charge in [0.2, 0.25) is 0 Å². The molecule has 94 valence electrons. The summed E-state index contributed by atoms with van der Waals surface area (Å²) in [4.78, 5) is 11.8. The molecule has 0 N–H and O–H groups in total. The van der Waals surface area contributed by atoms with Crippen molar-refractivity contribution in [2.75, 3.05) is 6.61 Å². The second-order valence-corrected chi connectivity index (χ2v) is 4.49. The Balaban J connectivity index is 2.22. The molecule has 1 fully saturated rings. The molecule has 0 spiro atoms. The van der Waals surface area contributed by atoms with Gasteiger partial charge in [-0.3, -0.25) is 0 Å². The van der Waals surface area contributed by atoms with Gasteiger partial charge in [0.15, 0.2) is 11.6 Å². The molecule has 1 saturated carbocycles. The maximum atomic E-state index is 14.1. The Hall–Kier alpha value is -1.84. The quantitative estimate of drug-likeness (QED) is 0.837. The van der Waals surface area contributed by atoms with Crippen molar-refractivity contribution in [1.82, 2.24) is 0 Å². The maximum Gasteiger partial charge on any atom is 0.346 e. The van der Waals surface area contributed by atoms with Crippen molar-refractivity contribution in [3.8, 4) is 5.75 Å². The molecule has 0 atom stereocenters. The van der Waals surface area contributed by atoms with Gasteiger partial charge in [0.25, 0.3) is 0 Å². The number of halogens is 1. The fourth-order valence-corrected chi connectivity index (χ4v) is 2.08. The monoisotopic (exact) mass is 248 g/mol. The standard InChI is InChI=1S/C14H13FO3/c1-2-17-10-6-5-9-7-11(8-3-4-8)18-14(16)12(9)13(10)15/h5-8H,2-4H2,1H3. The Labute approximate surface area is 103 Å². The highest BCUT2D eigenvalue weighted by Crippen LogP contribution is 2.40. The molecule has 1 aromatic carbocycles. The van der Waals surface area contributed by atoms with Crippen LogP contribution in [0.1, 0.15) is 31.4 Å². The van der Waals surface area contributed by atoms with E-state index in [2.05, 4.69) is 0 Å². The summed E-state index contributed by atoms with van der Waals surface area (Å²) < 4.78 is 24.4. The zero-order chi connectivity index (χ0) is 12.7. The van der Waals surface area contributed by atoms with Crippen molar-refractivity contribution < 1.29 is 13.5 Å². The van der Waals surface area contributed by atoms with Crippen LogP contribution in [0.3, 0.4) is 0 Å². The van der Waals surface area contributed by atoms with E-state index >= 15 is 0 Å². The lowest BCUT2D eigenvalue weighted by atomic mass is 10.1. The first-order chi connectivity index (χ1) is 8.70. The smallest absolute Gasteiger partial charge is 0.346 e. The van der Waals surface area contributed by atoms with Gasteiger partial charge in [-0.2, -0.15) is 0 Å². The molecule has 4 heteroatoms. The topological polar surface area (TPSA) is 39.4 Å². The van der Waals surface area contributed by atoms with Crippen molar-refractivity contribution >= 4 is 10.8 Å². The largest absolute Gasteiger partial charge is 0.491 e. The Morgan fingerprint density at radius 1 is 1.44 bits per heavy atom. The minimum atomic E-state index is -0.634. The van der Waals surface area contributed by atoms with Gasteiger partial charge >= 0.3 is 5.63 Å². The normalized spacial score (nSPS) is 15.0. The van der Waals surface area contributed by atoms with Crippen LogP contribution in [0.4, 0.5) is 4.39 Å². The van der Waals surface area contributed by atoms with E-state index < -0.39 is 11.4 Å². The summed E-state index contributed by atoms with van der Waals surface area (Å²) in [5.74, 6) is 0.453. The SMILES string of the molecule is CCOc1ccc2cc(C3CC3)oc(=O)c2c1F. The van der Waals surface area contributed by atoms with Gasteiger partial charge in [0, 0.05) is 5.92 Å². The summed E-state index contributed by atoms with van der Waals surface area (Å²) in [7, 11) is 0. The second-order valence-electron chi connectivity index (χ2n) is 4.49. The zero-order valence-corrected chi connectivity index (χ0v) is 10.0. The van der Waals surface area contributed by atoms with E-state index in [-0.39, 0.29) is 11.1 Å². The van der Waals surface area contributed by atoms with E-state index in [1.807, 2.05) is 0 Å². The molecule has 1 heterocycles. The number of ether oxygens (including phenoxy) is 1. The van der Waals surface area contributed by atoms with Crippen LogP contribution in [-0.4, -0.2) is 6.61 Å². The molecule has 2 aromatic rings. The van der Waals surface area contributed by atoms with Crippen LogP contribution in [0.2, 0.25) is 0 Å². The van der Waals surface area contributed by atoms with Gasteiger partial charge < -0.3 is 9.15 Å². The fraction of sp³-hybridized carbons (Fsp3) is 0.357. The number of benzene rings is 1. The Kier molecular flexibility index (Phi) is 2.58. The molecular weight excluding hydrogens is 235 g/mol. The number of rotatable bonds is 3. The maximum absolute atomic E-state index is 14.1. The summed E-state index contributed by atoms with van der Waals surface area (Å²) >= 11 is 0. The summed E-state index contributed by atoms with van der Waals surface area (Å²) in [6.07, 6.45) is 2.07. The summed E-state index contributed by atoms with van der Waals surface area (Å²) in [6.45, 7) is 2.12. The van der Waals surface area contributed by atoms with E-state index in [9.17, 15) is 9.18 Å². The fourth-order valence-electron chi connectivity index (χ4n) is 2.08. The van der Waals surface area contributed by atoms with E-state index in [0.29, 0.717) is 23.7 Å². The van der Waals surface area contributed by atoms with Crippen LogP contribution >= 0.6 is 0 Å². The number of hydrogen-bond acceptors (Lipinski definition) is 3. The van der Waals surface area contributed by atoms with Crippen LogP contribution in [0.5, 0.6) is 5.75 Å². The molecule has 0 unspecified atom stereocenters. The van der Waals surface area contributed by atoms with Gasteiger partial charge in [0.1, 0.15) is 11.1 Å². The zero-order valence-electron chi connectivity index (χ0n) is 10.0. The molecule has 3 nitrogen and oxygen atoms in total. The van der Waals surface area contributed by atoms with Crippen molar-refractivity contribution in [3.05, 3.63) is 40.2 Å².